The van der Waals surface area contributed by atoms with Gasteiger partial charge in [-0.25, -0.2) is 4.79 Å². The lowest BCUT2D eigenvalue weighted by Gasteiger charge is -2.20. The molecule has 0 saturated heterocycles. The zero-order chi connectivity index (χ0) is 15.3. The van der Waals surface area contributed by atoms with Crippen LogP contribution < -0.4 is 10.1 Å². The molecule has 1 N–H and O–H groups in total. The molecule has 110 valence electrons. The van der Waals surface area contributed by atoms with Gasteiger partial charge in [-0.2, -0.15) is 0 Å². The highest BCUT2D eigenvalue weighted by molar-refractivity contribution is 9.10. The fourth-order valence-corrected chi connectivity index (χ4v) is 1.86. The molecule has 0 aliphatic rings. The number of carbonyl (C=O) groups is 2. The zero-order valence-electron chi connectivity index (χ0n) is 12.0. The molecule has 6 heteroatoms. The number of methoxy groups -OCH3 is 1. The van der Waals surface area contributed by atoms with Gasteiger partial charge in [0.2, 0.25) is 0 Å². The Morgan fingerprint density at radius 2 is 1.95 bits per heavy atom. The Labute approximate surface area is 126 Å². The summed E-state index contributed by atoms with van der Waals surface area (Å²) in [6.07, 6.45) is 0. The van der Waals surface area contributed by atoms with Gasteiger partial charge in [0.1, 0.15) is 5.75 Å². The molecule has 0 unspecified atom stereocenters. The van der Waals surface area contributed by atoms with Gasteiger partial charge in [0.25, 0.3) is 5.91 Å². The van der Waals surface area contributed by atoms with Gasteiger partial charge in [0, 0.05) is 10.0 Å². The summed E-state index contributed by atoms with van der Waals surface area (Å²) in [7, 11) is 1.51. The topological polar surface area (TPSA) is 64.6 Å². The third kappa shape index (κ3) is 5.21. The number of halogens is 1. The molecule has 1 aromatic rings. The molecule has 1 aromatic carbocycles. The Morgan fingerprint density at radius 3 is 2.50 bits per heavy atom. The van der Waals surface area contributed by atoms with E-state index in [0.29, 0.717) is 15.8 Å². The highest BCUT2D eigenvalue weighted by Crippen LogP contribution is 2.23. The lowest BCUT2D eigenvalue weighted by molar-refractivity contribution is -0.125. The Morgan fingerprint density at radius 1 is 1.30 bits per heavy atom. The van der Waals surface area contributed by atoms with E-state index in [9.17, 15) is 9.59 Å². The largest absolute Gasteiger partial charge is 0.497 e. The van der Waals surface area contributed by atoms with Crippen LogP contribution in [0.5, 0.6) is 5.75 Å². The van der Waals surface area contributed by atoms with Gasteiger partial charge in [0.15, 0.2) is 6.61 Å². The van der Waals surface area contributed by atoms with E-state index in [1.807, 2.05) is 20.8 Å². The summed E-state index contributed by atoms with van der Waals surface area (Å²) in [5.74, 6) is -0.385. The molecule has 0 saturated carbocycles. The molecule has 0 aromatic heterocycles. The Hall–Kier alpha value is -1.56. The lowest BCUT2D eigenvalue weighted by atomic mass is 10.1. The number of carbonyl (C=O) groups excluding carboxylic acids is 2. The predicted octanol–water partition coefficient (Wildman–Crippen LogP) is 2.53. The van der Waals surface area contributed by atoms with Crippen LogP contribution in [-0.4, -0.2) is 31.1 Å². The summed E-state index contributed by atoms with van der Waals surface area (Å²) < 4.78 is 10.6. The summed E-state index contributed by atoms with van der Waals surface area (Å²) in [4.78, 5) is 23.5. The summed E-state index contributed by atoms with van der Waals surface area (Å²) in [6.45, 7) is 5.24. The minimum Gasteiger partial charge on any atom is -0.497 e. The maximum atomic E-state index is 11.9. The second-order valence-corrected chi connectivity index (χ2v) is 6.07. The van der Waals surface area contributed by atoms with Gasteiger partial charge < -0.3 is 14.8 Å². The van der Waals surface area contributed by atoms with Crippen molar-refractivity contribution in [3.8, 4) is 5.75 Å². The van der Waals surface area contributed by atoms with E-state index in [0.717, 1.165) is 0 Å². The number of amides is 1. The molecule has 0 radical (unpaired) electrons. The average molecular weight is 344 g/mol. The van der Waals surface area contributed by atoms with Crippen LogP contribution >= 0.6 is 15.9 Å². The molecule has 0 aliphatic heterocycles. The fourth-order valence-electron chi connectivity index (χ4n) is 1.45. The van der Waals surface area contributed by atoms with Crippen LogP contribution in [0.1, 0.15) is 31.1 Å². The minimum absolute atomic E-state index is 0.313. The summed E-state index contributed by atoms with van der Waals surface area (Å²) in [5, 5.41) is 2.71. The van der Waals surface area contributed by atoms with Crippen LogP contribution in [0.2, 0.25) is 0 Å². The van der Waals surface area contributed by atoms with Crippen LogP contribution in [0.4, 0.5) is 0 Å². The number of hydrogen-bond acceptors (Lipinski definition) is 4. The molecule has 0 spiro atoms. The van der Waals surface area contributed by atoms with Crippen molar-refractivity contribution in [2.24, 2.45) is 0 Å². The monoisotopic (exact) mass is 343 g/mol. The van der Waals surface area contributed by atoms with Crippen molar-refractivity contribution >= 4 is 27.8 Å². The van der Waals surface area contributed by atoms with Gasteiger partial charge in [-0.05, 0) is 54.9 Å². The Kier molecular flexibility index (Phi) is 5.56. The quantitative estimate of drug-likeness (QED) is 0.853. The smallest absolute Gasteiger partial charge is 0.339 e. The summed E-state index contributed by atoms with van der Waals surface area (Å²) in [6, 6.07) is 4.95. The van der Waals surface area contributed by atoms with Crippen LogP contribution in [0.25, 0.3) is 0 Å². The summed E-state index contributed by atoms with van der Waals surface area (Å²) in [5.41, 5.74) is -0.0482. The van der Waals surface area contributed by atoms with Crippen LogP contribution in [0.15, 0.2) is 22.7 Å². The third-order valence-corrected chi connectivity index (χ3v) is 2.93. The van der Waals surface area contributed by atoms with Crippen molar-refractivity contribution in [1.29, 1.82) is 0 Å². The van der Waals surface area contributed by atoms with Gasteiger partial charge in [0.05, 0.1) is 12.7 Å². The van der Waals surface area contributed by atoms with Gasteiger partial charge in [-0.3, -0.25) is 4.79 Å². The van der Waals surface area contributed by atoms with Crippen LogP contribution in [0, 0.1) is 0 Å². The Bertz CT molecular complexity index is 508. The second kappa shape index (κ2) is 6.74. The van der Waals surface area contributed by atoms with Gasteiger partial charge >= 0.3 is 5.97 Å². The highest BCUT2D eigenvalue weighted by Gasteiger charge is 2.17. The predicted molar refractivity (Wildman–Crippen MR) is 78.9 cm³/mol. The molecule has 0 atom stereocenters. The molecule has 20 heavy (non-hydrogen) atoms. The van der Waals surface area contributed by atoms with Crippen LogP contribution in [-0.2, 0) is 9.53 Å². The van der Waals surface area contributed by atoms with Crippen molar-refractivity contribution in [3.05, 3.63) is 28.2 Å². The van der Waals surface area contributed by atoms with Crippen molar-refractivity contribution < 1.29 is 19.1 Å². The first-order valence-electron chi connectivity index (χ1n) is 6.04. The van der Waals surface area contributed by atoms with E-state index in [1.165, 1.54) is 7.11 Å². The minimum atomic E-state index is -0.583. The number of hydrogen-bond donors (Lipinski definition) is 1. The van der Waals surface area contributed by atoms with E-state index in [-0.39, 0.29) is 18.1 Å². The maximum Gasteiger partial charge on any atom is 0.339 e. The van der Waals surface area contributed by atoms with E-state index >= 15 is 0 Å². The highest BCUT2D eigenvalue weighted by atomic mass is 79.9. The van der Waals surface area contributed by atoms with E-state index in [2.05, 4.69) is 21.2 Å². The first kappa shape index (κ1) is 16.5. The standard InChI is InChI=1S/C14H18BrNO4/c1-14(2,3)16-12(17)8-20-13(18)10-7-9(19-4)5-6-11(10)15/h5-7H,8H2,1-4H3,(H,16,17). The number of ether oxygens (including phenoxy) is 2. The molecular formula is C14H18BrNO4. The molecule has 1 amide bonds. The van der Waals surface area contributed by atoms with Gasteiger partial charge in [-0.1, -0.05) is 0 Å². The normalized spacial score (nSPS) is 10.8. The molecule has 5 nitrogen and oxygen atoms in total. The summed E-state index contributed by atoms with van der Waals surface area (Å²) >= 11 is 3.26. The number of esters is 1. The number of benzene rings is 1. The maximum absolute atomic E-state index is 11.9. The first-order valence-corrected chi connectivity index (χ1v) is 6.84. The zero-order valence-corrected chi connectivity index (χ0v) is 13.5. The van der Waals surface area contributed by atoms with E-state index in [4.69, 9.17) is 9.47 Å². The molecule has 0 fully saturated rings. The average Bonchev–Trinajstić information content (AvgIpc) is 2.34. The second-order valence-electron chi connectivity index (χ2n) is 5.22. The molecule has 0 bridgehead atoms. The number of nitrogens with one attached hydrogen (secondary N) is 1. The van der Waals surface area contributed by atoms with Gasteiger partial charge in [-0.15, -0.1) is 0 Å². The van der Waals surface area contributed by atoms with Crippen molar-refractivity contribution in [2.45, 2.75) is 26.3 Å². The van der Waals surface area contributed by atoms with Crippen molar-refractivity contribution in [2.75, 3.05) is 13.7 Å². The molecule has 0 heterocycles. The molecular weight excluding hydrogens is 326 g/mol. The Balaban J connectivity index is 2.66. The van der Waals surface area contributed by atoms with E-state index < -0.39 is 5.97 Å². The molecule has 1 rings (SSSR count). The molecule has 0 aliphatic carbocycles. The SMILES string of the molecule is COc1ccc(Br)c(C(=O)OCC(=O)NC(C)(C)C)c1. The van der Waals surface area contributed by atoms with Crippen molar-refractivity contribution in [1.82, 2.24) is 5.32 Å². The third-order valence-electron chi connectivity index (χ3n) is 2.24. The van der Waals surface area contributed by atoms with E-state index in [1.54, 1.807) is 18.2 Å². The lowest BCUT2D eigenvalue weighted by Crippen LogP contribution is -2.42. The fraction of sp³-hybridized carbons (Fsp3) is 0.429. The number of rotatable bonds is 4. The first-order chi connectivity index (χ1) is 9.23. The van der Waals surface area contributed by atoms with Crippen LogP contribution in [0.3, 0.4) is 0 Å². The van der Waals surface area contributed by atoms with Crippen molar-refractivity contribution in [3.63, 3.8) is 0 Å².